The van der Waals surface area contributed by atoms with Gasteiger partial charge in [-0.15, -0.1) is 0 Å². The fourth-order valence-electron chi connectivity index (χ4n) is 1.85. The maximum absolute atomic E-state index is 12.2. The summed E-state index contributed by atoms with van der Waals surface area (Å²) in [6, 6.07) is 14.3. The van der Waals surface area contributed by atoms with E-state index in [0.29, 0.717) is 0 Å². The molecular formula is C15H14N2O5S. The van der Waals surface area contributed by atoms with Crippen LogP contribution < -0.4 is 9.62 Å². The van der Waals surface area contributed by atoms with Crippen molar-refractivity contribution in [3.8, 4) is 0 Å². The molecule has 8 heteroatoms. The highest BCUT2D eigenvalue weighted by molar-refractivity contribution is 7.90. The van der Waals surface area contributed by atoms with E-state index in [0.717, 1.165) is 4.90 Å². The van der Waals surface area contributed by atoms with Crippen LogP contribution in [0.25, 0.3) is 0 Å². The van der Waals surface area contributed by atoms with Crippen LogP contribution in [-0.2, 0) is 14.8 Å². The molecule has 0 aliphatic rings. The second-order valence-corrected chi connectivity index (χ2v) is 6.22. The van der Waals surface area contributed by atoms with Crippen LogP contribution in [0, 0.1) is 0 Å². The highest BCUT2D eigenvalue weighted by Gasteiger charge is 2.24. The second-order valence-electron chi connectivity index (χ2n) is 4.54. The number of nitrogens with zero attached hydrogens (tertiary/aromatic N) is 1. The Morgan fingerprint density at radius 3 is 2.00 bits per heavy atom. The molecule has 0 aliphatic heterocycles. The van der Waals surface area contributed by atoms with Gasteiger partial charge in [-0.2, -0.15) is 0 Å². The molecule has 2 amide bonds. The minimum atomic E-state index is -4.08. The van der Waals surface area contributed by atoms with Crippen molar-refractivity contribution in [3.63, 3.8) is 0 Å². The van der Waals surface area contributed by atoms with E-state index < -0.39 is 28.6 Å². The number of amides is 2. The van der Waals surface area contributed by atoms with Crippen molar-refractivity contribution in [2.45, 2.75) is 4.90 Å². The summed E-state index contributed by atoms with van der Waals surface area (Å²) in [5, 5.41) is 8.94. The van der Waals surface area contributed by atoms with Crippen molar-refractivity contribution in [2.75, 3.05) is 11.4 Å². The topological polar surface area (TPSA) is 104 Å². The van der Waals surface area contributed by atoms with Crippen LogP contribution in [0.5, 0.6) is 0 Å². The molecule has 0 atom stereocenters. The van der Waals surface area contributed by atoms with Crippen LogP contribution in [-0.4, -0.2) is 32.1 Å². The number of carbonyl (C=O) groups is 2. The van der Waals surface area contributed by atoms with Gasteiger partial charge in [0.1, 0.15) is 6.54 Å². The first-order chi connectivity index (χ1) is 10.9. The van der Waals surface area contributed by atoms with Crippen LogP contribution >= 0.6 is 0 Å². The van der Waals surface area contributed by atoms with Crippen LogP contribution in [0.3, 0.4) is 0 Å². The minimum Gasteiger partial charge on any atom is -0.480 e. The van der Waals surface area contributed by atoms with Crippen LogP contribution in [0.1, 0.15) is 0 Å². The molecule has 0 aromatic heterocycles. The van der Waals surface area contributed by atoms with E-state index in [9.17, 15) is 18.0 Å². The van der Waals surface area contributed by atoms with Crippen molar-refractivity contribution < 1.29 is 23.1 Å². The van der Waals surface area contributed by atoms with Crippen LogP contribution in [0.2, 0.25) is 0 Å². The first kappa shape index (κ1) is 16.5. The summed E-state index contributed by atoms with van der Waals surface area (Å²) in [7, 11) is -4.08. The van der Waals surface area contributed by atoms with E-state index in [2.05, 4.69) is 0 Å². The Kier molecular flexibility index (Phi) is 4.97. The largest absolute Gasteiger partial charge is 0.480 e. The molecule has 7 nitrogen and oxygen atoms in total. The summed E-state index contributed by atoms with van der Waals surface area (Å²) >= 11 is 0. The lowest BCUT2D eigenvalue weighted by atomic mass is 10.3. The third-order valence-corrected chi connectivity index (χ3v) is 4.22. The Labute approximate surface area is 133 Å². The zero-order valence-electron chi connectivity index (χ0n) is 11.9. The van der Waals surface area contributed by atoms with E-state index >= 15 is 0 Å². The van der Waals surface area contributed by atoms with E-state index in [1.165, 1.54) is 36.4 Å². The Morgan fingerprint density at radius 1 is 0.957 bits per heavy atom. The number of carboxylic acids is 1. The molecule has 120 valence electrons. The Balaban J connectivity index is 2.26. The predicted octanol–water partition coefficient (Wildman–Crippen LogP) is 1.68. The number of hydrogen-bond donors (Lipinski definition) is 2. The quantitative estimate of drug-likeness (QED) is 0.866. The van der Waals surface area contributed by atoms with Crippen molar-refractivity contribution in [1.29, 1.82) is 0 Å². The number of carbonyl (C=O) groups excluding carboxylic acids is 1. The van der Waals surface area contributed by atoms with Crippen LogP contribution in [0.4, 0.5) is 10.5 Å². The third-order valence-electron chi connectivity index (χ3n) is 2.88. The number of para-hydroxylation sites is 1. The lowest BCUT2D eigenvalue weighted by Crippen LogP contribution is -2.45. The fraction of sp³-hybridized carbons (Fsp3) is 0.0667. The number of nitrogens with one attached hydrogen (secondary N) is 1. The Bertz CT molecular complexity index is 791. The van der Waals surface area contributed by atoms with Crippen LogP contribution in [0.15, 0.2) is 65.6 Å². The molecular weight excluding hydrogens is 320 g/mol. The van der Waals surface area contributed by atoms with Gasteiger partial charge >= 0.3 is 12.0 Å². The summed E-state index contributed by atoms with van der Waals surface area (Å²) in [4.78, 5) is 23.9. The third kappa shape index (κ3) is 4.30. The zero-order chi connectivity index (χ0) is 16.9. The number of carboxylic acid groups (broad SMARTS) is 1. The molecule has 0 radical (unpaired) electrons. The number of benzene rings is 2. The summed E-state index contributed by atoms with van der Waals surface area (Å²) in [5.74, 6) is -1.26. The minimum absolute atomic E-state index is 0.0864. The summed E-state index contributed by atoms with van der Waals surface area (Å²) < 4.78 is 26.2. The van der Waals surface area contributed by atoms with Gasteiger partial charge in [-0.05, 0) is 24.3 Å². The maximum Gasteiger partial charge on any atom is 0.336 e. The average Bonchev–Trinajstić information content (AvgIpc) is 2.53. The standard InChI is InChI=1S/C15H14N2O5S/c18-14(19)11-17(12-7-3-1-4-8-12)15(20)16-23(21,22)13-9-5-2-6-10-13/h1-10H,11H2,(H,16,20)(H,18,19). The molecule has 2 aromatic carbocycles. The predicted molar refractivity (Wildman–Crippen MR) is 83.6 cm³/mol. The summed E-state index contributed by atoms with van der Waals surface area (Å²) in [6.45, 7) is -0.667. The SMILES string of the molecule is O=C(O)CN(C(=O)NS(=O)(=O)c1ccccc1)c1ccccc1. The van der Waals surface area contributed by atoms with Gasteiger partial charge in [0, 0.05) is 5.69 Å². The summed E-state index contributed by atoms with van der Waals surface area (Å²) in [6.07, 6.45) is 0. The number of aliphatic carboxylic acids is 1. The average molecular weight is 334 g/mol. The Morgan fingerprint density at radius 2 is 1.48 bits per heavy atom. The molecule has 0 fully saturated rings. The van der Waals surface area contributed by atoms with Gasteiger partial charge in [-0.1, -0.05) is 36.4 Å². The first-order valence-corrected chi connectivity index (χ1v) is 8.04. The van der Waals surface area contributed by atoms with Crippen molar-refractivity contribution >= 4 is 27.7 Å². The van der Waals surface area contributed by atoms with Gasteiger partial charge in [-0.3, -0.25) is 9.69 Å². The number of sulfonamides is 1. The van der Waals surface area contributed by atoms with Gasteiger partial charge < -0.3 is 5.11 Å². The molecule has 0 aliphatic carbocycles. The van der Waals surface area contributed by atoms with Gasteiger partial charge in [0.25, 0.3) is 10.0 Å². The molecule has 0 saturated heterocycles. The lowest BCUT2D eigenvalue weighted by molar-refractivity contribution is -0.135. The van der Waals surface area contributed by atoms with E-state index in [-0.39, 0.29) is 10.6 Å². The van der Waals surface area contributed by atoms with Crippen molar-refractivity contribution in [1.82, 2.24) is 4.72 Å². The molecule has 0 heterocycles. The Hall–Kier alpha value is -2.87. The number of anilines is 1. The van der Waals surface area contributed by atoms with Gasteiger partial charge in [0.2, 0.25) is 0 Å². The molecule has 23 heavy (non-hydrogen) atoms. The maximum atomic E-state index is 12.2. The molecule has 0 unspecified atom stereocenters. The normalized spacial score (nSPS) is 10.8. The van der Waals surface area contributed by atoms with Gasteiger partial charge in [-0.25, -0.2) is 17.9 Å². The van der Waals surface area contributed by atoms with E-state index in [1.54, 1.807) is 24.3 Å². The van der Waals surface area contributed by atoms with Crippen molar-refractivity contribution in [2.24, 2.45) is 0 Å². The molecule has 2 rings (SSSR count). The molecule has 0 bridgehead atoms. The molecule has 0 saturated carbocycles. The van der Waals surface area contributed by atoms with Crippen molar-refractivity contribution in [3.05, 3.63) is 60.7 Å². The molecule has 0 spiro atoms. The van der Waals surface area contributed by atoms with E-state index in [4.69, 9.17) is 5.11 Å². The highest BCUT2D eigenvalue weighted by atomic mass is 32.2. The smallest absolute Gasteiger partial charge is 0.336 e. The second kappa shape index (κ2) is 6.93. The lowest BCUT2D eigenvalue weighted by Gasteiger charge is -2.21. The number of hydrogen-bond acceptors (Lipinski definition) is 4. The van der Waals surface area contributed by atoms with Gasteiger partial charge in [0.05, 0.1) is 4.90 Å². The van der Waals surface area contributed by atoms with Gasteiger partial charge in [0.15, 0.2) is 0 Å². The fourth-order valence-corrected chi connectivity index (χ4v) is 2.83. The monoisotopic (exact) mass is 334 g/mol. The zero-order valence-corrected chi connectivity index (χ0v) is 12.7. The number of urea groups is 1. The summed E-state index contributed by atoms with van der Waals surface area (Å²) in [5.41, 5.74) is 0.274. The molecule has 2 aromatic rings. The van der Waals surface area contributed by atoms with E-state index in [1.807, 2.05) is 4.72 Å². The molecule has 2 N–H and O–H groups in total. The first-order valence-electron chi connectivity index (χ1n) is 6.56. The number of rotatable bonds is 5. The highest BCUT2D eigenvalue weighted by Crippen LogP contribution is 2.14.